The minimum atomic E-state index is -0.901. The zero-order chi connectivity index (χ0) is 16.2. The predicted molar refractivity (Wildman–Crippen MR) is 89.9 cm³/mol. The summed E-state index contributed by atoms with van der Waals surface area (Å²) in [6, 6.07) is 7.60. The van der Waals surface area contributed by atoms with Gasteiger partial charge in [-0.25, -0.2) is 9.78 Å². The molecule has 3 N–H and O–H groups in total. The second-order valence-electron chi connectivity index (χ2n) is 5.78. The minimum absolute atomic E-state index is 0.122. The van der Waals surface area contributed by atoms with Crippen molar-refractivity contribution >= 4 is 27.6 Å². The van der Waals surface area contributed by atoms with Crippen LogP contribution in [-0.4, -0.2) is 28.3 Å². The van der Waals surface area contributed by atoms with Gasteiger partial charge < -0.3 is 15.7 Å². The highest BCUT2D eigenvalue weighted by Gasteiger charge is 2.27. The number of rotatable bonds is 6. The van der Waals surface area contributed by atoms with E-state index in [0.717, 1.165) is 21.6 Å². The number of carbonyl (C=O) groups is 1. The molecule has 2 aromatic rings. The Morgan fingerprint density at radius 2 is 2.14 bits per heavy atom. The van der Waals surface area contributed by atoms with Crippen molar-refractivity contribution in [2.75, 3.05) is 6.54 Å². The first-order valence-electron chi connectivity index (χ1n) is 7.51. The summed E-state index contributed by atoms with van der Waals surface area (Å²) in [7, 11) is 0. The molecule has 2 amide bonds. The standard InChI is InChI=1S/C16H23N3O2S/c1-4-11(2)16(3,21)10-18-15(20)17-9-14-19-12-7-5-6-8-13(12)22-14/h5-8,11,21H,4,9-10H2,1-3H3,(H2,17,18,20). The summed E-state index contributed by atoms with van der Waals surface area (Å²) in [4.78, 5) is 16.3. The number of amides is 2. The van der Waals surface area contributed by atoms with Crippen molar-refractivity contribution < 1.29 is 9.90 Å². The first kappa shape index (κ1) is 16.7. The second kappa shape index (κ2) is 7.07. The van der Waals surface area contributed by atoms with Gasteiger partial charge in [0.1, 0.15) is 5.01 Å². The number of nitrogens with zero attached hydrogens (tertiary/aromatic N) is 1. The number of thiazole rings is 1. The van der Waals surface area contributed by atoms with E-state index in [9.17, 15) is 9.90 Å². The Hall–Kier alpha value is -1.66. The molecule has 0 saturated carbocycles. The van der Waals surface area contributed by atoms with E-state index in [-0.39, 0.29) is 18.5 Å². The average Bonchev–Trinajstić information content (AvgIpc) is 2.93. The second-order valence-corrected chi connectivity index (χ2v) is 6.89. The van der Waals surface area contributed by atoms with Gasteiger partial charge in [0.05, 0.1) is 22.4 Å². The quantitative estimate of drug-likeness (QED) is 0.766. The number of hydrogen-bond acceptors (Lipinski definition) is 4. The Labute approximate surface area is 134 Å². The number of hydrogen-bond donors (Lipinski definition) is 3. The van der Waals surface area contributed by atoms with Gasteiger partial charge in [-0.15, -0.1) is 11.3 Å². The number of nitrogens with one attached hydrogen (secondary N) is 2. The lowest BCUT2D eigenvalue weighted by atomic mass is 9.89. The van der Waals surface area contributed by atoms with Crippen LogP contribution in [0.25, 0.3) is 10.2 Å². The van der Waals surface area contributed by atoms with Crippen molar-refractivity contribution in [2.24, 2.45) is 5.92 Å². The van der Waals surface area contributed by atoms with E-state index in [1.165, 1.54) is 0 Å². The van der Waals surface area contributed by atoms with Gasteiger partial charge in [0.15, 0.2) is 0 Å². The van der Waals surface area contributed by atoms with Gasteiger partial charge in [-0.3, -0.25) is 0 Å². The molecular weight excluding hydrogens is 298 g/mol. The lowest BCUT2D eigenvalue weighted by Gasteiger charge is -2.29. The van der Waals surface area contributed by atoms with Crippen LogP contribution in [0.5, 0.6) is 0 Å². The molecule has 0 bridgehead atoms. The van der Waals surface area contributed by atoms with Crippen LogP contribution in [-0.2, 0) is 6.54 Å². The SMILES string of the molecule is CCC(C)C(C)(O)CNC(=O)NCc1nc2ccccc2s1. The van der Waals surface area contributed by atoms with E-state index in [1.807, 2.05) is 38.1 Å². The number of aliphatic hydroxyl groups is 1. The Morgan fingerprint density at radius 3 is 2.82 bits per heavy atom. The maximum absolute atomic E-state index is 11.8. The summed E-state index contributed by atoms with van der Waals surface area (Å²) in [6.45, 7) is 6.35. The maximum Gasteiger partial charge on any atom is 0.315 e. The molecule has 0 aliphatic carbocycles. The van der Waals surface area contributed by atoms with Crippen molar-refractivity contribution in [3.8, 4) is 0 Å². The first-order valence-corrected chi connectivity index (χ1v) is 8.32. The highest BCUT2D eigenvalue weighted by atomic mass is 32.1. The van der Waals surface area contributed by atoms with Crippen molar-refractivity contribution in [3.05, 3.63) is 29.3 Å². The molecule has 5 nitrogen and oxygen atoms in total. The zero-order valence-corrected chi connectivity index (χ0v) is 14.0. The largest absolute Gasteiger partial charge is 0.388 e. The first-order chi connectivity index (χ1) is 10.4. The van der Waals surface area contributed by atoms with E-state index < -0.39 is 5.60 Å². The third kappa shape index (κ3) is 4.18. The van der Waals surface area contributed by atoms with Crippen LogP contribution in [0.3, 0.4) is 0 Å². The van der Waals surface area contributed by atoms with Gasteiger partial charge in [-0.05, 0) is 25.0 Å². The molecule has 0 spiro atoms. The maximum atomic E-state index is 11.8. The molecular formula is C16H23N3O2S. The van der Waals surface area contributed by atoms with Gasteiger partial charge >= 0.3 is 6.03 Å². The smallest absolute Gasteiger partial charge is 0.315 e. The van der Waals surface area contributed by atoms with E-state index >= 15 is 0 Å². The monoisotopic (exact) mass is 321 g/mol. The lowest BCUT2D eigenvalue weighted by molar-refractivity contribution is 0.00790. The zero-order valence-electron chi connectivity index (χ0n) is 13.2. The molecule has 0 fully saturated rings. The minimum Gasteiger partial charge on any atom is -0.388 e. The fourth-order valence-corrected chi connectivity index (χ4v) is 2.99. The molecule has 2 rings (SSSR count). The van der Waals surface area contributed by atoms with E-state index in [4.69, 9.17) is 0 Å². The van der Waals surface area contributed by atoms with Crippen LogP contribution in [0.1, 0.15) is 32.2 Å². The molecule has 6 heteroatoms. The van der Waals surface area contributed by atoms with Crippen molar-refractivity contribution in [3.63, 3.8) is 0 Å². The van der Waals surface area contributed by atoms with Crippen LogP contribution in [0, 0.1) is 5.92 Å². The van der Waals surface area contributed by atoms with Crippen molar-refractivity contribution in [2.45, 2.75) is 39.3 Å². The highest BCUT2D eigenvalue weighted by Crippen LogP contribution is 2.21. The number of benzene rings is 1. The number of aromatic nitrogens is 1. The molecule has 22 heavy (non-hydrogen) atoms. The van der Waals surface area contributed by atoms with Crippen LogP contribution < -0.4 is 10.6 Å². The summed E-state index contributed by atoms with van der Waals surface area (Å²) in [5.41, 5.74) is 0.0477. The fourth-order valence-electron chi connectivity index (χ4n) is 2.09. The summed E-state index contributed by atoms with van der Waals surface area (Å²) in [5.74, 6) is 0.122. The number of fused-ring (bicyclic) bond motifs is 1. The van der Waals surface area contributed by atoms with Crippen molar-refractivity contribution in [1.82, 2.24) is 15.6 Å². The lowest BCUT2D eigenvalue weighted by Crippen LogP contribution is -2.47. The Bertz CT molecular complexity index is 606. The molecule has 1 aromatic heterocycles. The third-order valence-electron chi connectivity index (χ3n) is 4.02. The van der Waals surface area contributed by atoms with Gasteiger partial charge in [0.25, 0.3) is 0 Å². The Kier molecular flexibility index (Phi) is 5.37. The Balaban J connectivity index is 1.82. The molecule has 0 aliphatic rings. The number of carbonyl (C=O) groups excluding carboxylic acids is 1. The Morgan fingerprint density at radius 1 is 1.41 bits per heavy atom. The third-order valence-corrected chi connectivity index (χ3v) is 5.06. The van der Waals surface area contributed by atoms with Gasteiger partial charge in [0.2, 0.25) is 0 Å². The van der Waals surface area contributed by atoms with E-state index in [0.29, 0.717) is 6.54 Å². The predicted octanol–water partition coefficient (Wildman–Crippen LogP) is 2.89. The van der Waals surface area contributed by atoms with Gasteiger partial charge in [-0.2, -0.15) is 0 Å². The average molecular weight is 321 g/mol. The van der Waals surface area contributed by atoms with Crippen LogP contribution >= 0.6 is 11.3 Å². The van der Waals surface area contributed by atoms with E-state index in [2.05, 4.69) is 15.6 Å². The molecule has 2 unspecified atom stereocenters. The molecule has 120 valence electrons. The summed E-state index contributed by atoms with van der Waals surface area (Å²) < 4.78 is 1.11. The van der Waals surface area contributed by atoms with Crippen molar-refractivity contribution in [1.29, 1.82) is 0 Å². The van der Waals surface area contributed by atoms with Gasteiger partial charge in [-0.1, -0.05) is 32.4 Å². The highest BCUT2D eigenvalue weighted by molar-refractivity contribution is 7.18. The fraction of sp³-hybridized carbons (Fsp3) is 0.500. The van der Waals surface area contributed by atoms with Crippen LogP contribution in [0.15, 0.2) is 24.3 Å². The van der Waals surface area contributed by atoms with Crippen LogP contribution in [0.4, 0.5) is 4.79 Å². The molecule has 1 heterocycles. The number of urea groups is 1. The molecule has 2 atom stereocenters. The molecule has 0 radical (unpaired) electrons. The molecule has 0 saturated heterocycles. The van der Waals surface area contributed by atoms with E-state index in [1.54, 1.807) is 18.3 Å². The van der Waals surface area contributed by atoms with Crippen LogP contribution in [0.2, 0.25) is 0 Å². The molecule has 1 aromatic carbocycles. The summed E-state index contributed by atoms with van der Waals surface area (Å²) in [6.07, 6.45) is 0.863. The summed E-state index contributed by atoms with van der Waals surface area (Å²) in [5, 5.41) is 16.6. The number of para-hydroxylation sites is 1. The topological polar surface area (TPSA) is 74.2 Å². The normalized spacial score (nSPS) is 15.3. The summed E-state index contributed by atoms with van der Waals surface area (Å²) >= 11 is 1.57. The molecule has 0 aliphatic heterocycles. The van der Waals surface area contributed by atoms with Gasteiger partial charge in [0, 0.05) is 6.54 Å².